The maximum Gasteiger partial charge on any atom is 0.328 e. The van der Waals surface area contributed by atoms with Crippen molar-refractivity contribution in [2.24, 2.45) is 5.92 Å². The molecule has 0 spiro atoms. The van der Waals surface area contributed by atoms with Crippen LogP contribution in [0.4, 0.5) is 16.4 Å². The highest BCUT2D eigenvalue weighted by molar-refractivity contribution is 6.01. The summed E-state index contributed by atoms with van der Waals surface area (Å²) in [7, 11) is 3.39. The Hall–Kier alpha value is -3.88. The number of anilines is 2. The number of amides is 3. The van der Waals surface area contributed by atoms with E-state index in [1.807, 2.05) is 6.07 Å². The summed E-state index contributed by atoms with van der Waals surface area (Å²) in [5.41, 5.74) is 2.97. The Balaban J connectivity index is 1.32. The van der Waals surface area contributed by atoms with Gasteiger partial charge in [-0.25, -0.2) is 14.8 Å². The van der Waals surface area contributed by atoms with Gasteiger partial charge in [0.25, 0.3) is 5.91 Å². The van der Waals surface area contributed by atoms with Crippen molar-refractivity contribution in [2.45, 2.75) is 63.7 Å². The standard InChI is InChI=1S/C29H34N6O5/c1-34(28(37)25-6-4-10-40-25)16-21-12-19-5-3-9-35(27(19)32-23(21)17-36)29(38)33-26-13-20(22(14-30)15-31-26)11-18-7-8-24(18)39-2/h12-13,15,17-18,24-25H,3-11,16H2,1-2H3,(H,31,33,38)/t18-,24-,25-/m1/s1. The molecule has 3 amide bonds. The van der Waals surface area contributed by atoms with Gasteiger partial charge in [-0.1, -0.05) is 0 Å². The molecular weight excluding hydrogens is 512 g/mol. The molecule has 210 valence electrons. The van der Waals surface area contributed by atoms with E-state index in [0.29, 0.717) is 67.4 Å². The predicted octanol–water partition coefficient (Wildman–Crippen LogP) is 3.25. The first-order chi connectivity index (χ1) is 19.4. The van der Waals surface area contributed by atoms with Gasteiger partial charge in [-0.2, -0.15) is 5.26 Å². The molecule has 0 bridgehead atoms. The third kappa shape index (κ3) is 5.69. The normalized spacial score (nSPS) is 21.6. The highest BCUT2D eigenvalue weighted by Crippen LogP contribution is 2.34. The molecule has 3 aliphatic rings. The lowest BCUT2D eigenvalue weighted by atomic mass is 9.77. The number of nitriles is 1. The summed E-state index contributed by atoms with van der Waals surface area (Å²) in [5, 5.41) is 12.4. The van der Waals surface area contributed by atoms with E-state index in [2.05, 4.69) is 21.4 Å². The number of hydrogen-bond acceptors (Lipinski definition) is 8. The van der Waals surface area contributed by atoms with Crippen LogP contribution in [-0.4, -0.2) is 72.6 Å². The molecule has 3 atom stereocenters. The van der Waals surface area contributed by atoms with Gasteiger partial charge < -0.3 is 14.4 Å². The largest absolute Gasteiger partial charge is 0.381 e. The summed E-state index contributed by atoms with van der Waals surface area (Å²) in [5.74, 6) is 0.990. The molecule has 11 heteroatoms. The van der Waals surface area contributed by atoms with Gasteiger partial charge in [-0.3, -0.25) is 19.8 Å². The molecular formula is C29H34N6O5. The van der Waals surface area contributed by atoms with Crippen LogP contribution in [0.5, 0.6) is 0 Å². The van der Waals surface area contributed by atoms with E-state index in [1.54, 1.807) is 25.1 Å². The molecule has 1 saturated heterocycles. The number of hydrogen-bond donors (Lipinski definition) is 1. The van der Waals surface area contributed by atoms with Crippen molar-refractivity contribution >= 4 is 29.9 Å². The third-order valence-electron chi connectivity index (χ3n) is 8.10. The van der Waals surface area contributed by atoms with Crippen molar-refractivity contribution in [3.8, 4) is 6.07 Å². The summed E-state index contributed by atoms with van der Waals surface area (Å²) in [6.45, 7) is 1.24. The second-order valence-corrected chi connectivity index (χ2v) is 10.7. The zero-order chi connectivity index (χ0) is 28.2. The van der Waals surface area contributed by atoms with Crippen LogP contribution in [0.3, 0.4) is 0 Å². The lowest BCUT2D eigenvalue weighted by Gasteiger charge is -2.35. The summed E-state index contributed by atoms with van der Waals surface area (Å²) in [6.07, 6.45) is 7.56. The van der Waals surface area contributed by atoms with E-state index < -0.39 is 12.1 Å². The van der Waals surface area contributed by atoms with Crippen molar-refractivity contribution in [3.63, 3.8) is 0 Å². The van der Waals surface area contributed by atoms with Crippen LogP contribution >= 0.6 is 0 Å². The Kier molecular flexibility index (Phi) is 8.38. The number of fused-ring (bicyclic) bond motifs is 1. The first-order valence-corrected chi connectivity index (χ1v) is 13.8. The average Bonchev–Trinajstić information content (AvgIpc) is 3.49. The molecule has 2 aliphatic heterocycles. The minimum atomic E-state index is -0.444. The summed E-state index contributed by atoms with van der Waals surface area (Å²) in [6, 6.07) is 5.40. The van der Waals surface area contributed by atoms with Crippen LogP contribution < -0.4 is 10.2 Å². The van der Waals surface area contributed by atoms with Crippen LogP contribution in [0.15, 0.2) is 18.3 Å². The topological polar surface area (TPSA) is 138 Å². The Labute approximate surface area is 233 Å². The first-order valence-electron chi connectivity index (χ1n) is 13.8. The van der Waals surface area contributed by atoms with E-state index >= 15 is 0 Å². The summed E-state index contributed by atoms with van der Waals surface area (Å²) in [4.78, 5) is 50.0. The van der Waals surface area contributed by atoms with Gasteiger partial charge in [0, 0.05) is 45.6 Å². The molecule has 11 nitrogen and oxygen atoms in total. The number of aldehydes is 1. The van der Waals surface area contributed by atoms with E-state index in [-0.39, 0.29) is 24.2 Å². The van der Waals surface area contributed by atoms with E-state index in [1.165, 1.54) is 11.1 Å². The number of ether oxygens (including phenoxy) is 2. The van der Waals surface area contributed by atoms with Gasteiger partial charge in [-0.15, -0.1) is 0 Å². The fourth-order valence-electron chi connectivity index (χ4n) is 5.71. The van der Waals surface area contributed by atoms with Crippen LogP contribution in [0.25, 0.3) is 0 Å². The number of pyridine rings is 2. The number of nitrogens with zero attached hydrogens (tertiary/aromatic N) is 5. The van der Waals surface area contributed by atoms with Crippen LogP contribution in [-0.2, 0) is 33.7 Å². The Morgan fingerprint density at radius 3 is 2.80 bits per heavy atom. The summed E-state index contributed by atoms with van der Waals surface area (Å²) < 4.78 is 11.0. The maximum atomic E-state index is 13.4. The van der Waals surface area contributed by atoms with Crippen LogP contribution in [0, 0.1) is 17.2 Å². The molecule has 1 saturated carbocycles. The molecule has 1 N–H and O–H groups in total. The van der Waals surface area contributed by atoms with Crippen molar-refractivity contribution < 1.29 is 23.9 Å². The Morgan fingerprint density at radius 1 is 1.27 bits per heavy atom. The number of aromatic nitrogens is 2. The summed E-state index contributed by atoms with van der Waals surface area (Å²) >= 11 is 0. The van der Waals surface area contributed by atoms with Gasteiger partial charge in [0.15, 0.2) is 6.29 Å². The molecule has 5 rings (SSSR count). The highest BCUT2D eigenvalue weighted by atomic mass is 16.5. The quantitative estimate of drug-likeness (QED) is 0.498. The number of carbonyl (C=O) groups excluding carboxylic acids is 3. The molecule has 0 unspecified atom stereocenters. The Morgan fingerprint density at radius 2 is 2.12 bits per heavy atom. The monoisotopic (exact) mass is 546 g/mol. The molecule has 4 heterocycles. The highest BCUT2D eigenvalue weighted by Gasteiger charge is 2.32. The van der Waals surface area contributed by atoms with Crippen LogP contribution in [0.2, 0.25) is 0 Å². The molecule has 2 aromatic heterocycles. The minimum absolute atomic E-state index is 0.114. The number of aryl methyl sites for hydroxylation is 1. The fourth-order valence-corrected chi connectivity index (χ4v) is 5.71. The smallest absolute Gasteiger partial charge is 0.328 e. The van der Waals surface area contributed by atoms with Gasteiger partial charge in [0.05, 0.1) is 11.7 Å². The number of carbonyl (C=O) groups is 3. The lowest BCUT2D eigenvalue weighted by molar-refractivity contribution is -0.140. The van der Waals surface area contributed by atoms with Crippen molar-refractivity contribution in [1.82, 2.24) is 14.9 Å². The van der Waals surface area contributed by atoms with Crippen LogP contribution in [0.1, 0.15) is 64.8 Å². The number of nitrogens with one attached hydrogen (secondary N) is 1. The van der Waals surface area contributed by atoms with Gasteiger partial charge in [0.2, 0.25) is 0 Å². The van der Waals surface area contributed by atoms with E-state index in [0.717, 1.165) is 36.8 Å². The zero-order valence-electron chi connectivity index (χ0n) is 22.9. The number of methoxy groups -OCH3 is 1. The van der Waals surface area contributed by atoms with E-state index in [9.17, 15) is 19.6 Å². The molecule has 1 aliphatic carbocycles. The zero-order valence-corrected chi connectivity index (χ0v) is 22.9. The second kappa shape index (κ2) is 12.1. The number of urea groups is 1. The minimum Gasteiger partial charge on any atom is -0.381 e. The predicted molar refractivity (Wildman–Crippen MR) is 146 cm³/mol. The molecule has 2 aromatic rings. The van der Waals surface area contributed by atoms with E-state index in [4.69, 9.17) is 9.47 Å². The van der Waals surface area contributed by atoms with Gasteiger partial charge >= 0.3 is 6.03 Å². The maximum absolute atomic E-state index is 13.4. The van der Waals surface area contributed by atoms with Crippen molar-refractivity contribution in [1.29, 1.82) is 5.26 Å². The SMILES string of the molecule is CO[C@@H]1CC[C@@H]1Cc1cc(NC(=O)N2CCCc3cc(CN(C)C(=O)[C@H]4CCCO4)c(C=O)nc32)ncc1C#N. The lowest BCUT2D eigenvalue weighted by Crippen LogP contribution is -2.40. The average molecular weight is 547 g/mol. The molecule has 40 heavy (non-hydrogen) atoms. The van der Waals surface area contributed by atoms with Gasteiger partial charge in [0.1, 0.15) is 29.5 Å². The van der Waals surface area contributed by atoms with Crippen molar-refractivity contribution in [2.75, 3.05) is 37.5 Å². The first kappa shape index (κ1) is 27.7. The number of likely N-dealkylation sites (N-methyl/N-ethyl adjacent to an activating group) is 1. The Bertz CT molecular complexity index is 1330. The fraction of sp³-hybridized carbons (Fsp3) is 0.517. The van der Waals surface area contributed by atoms with Gasteiger partial charge in [-0.05, 0) is 74.1 Å². The second-order valence-electron chi connectivity index (χ2n) is 10.7. The molecule has 2 fully saturated rings. The van der Waals surface area contributed by atoms with Crippen molar-refractivity contribution in [3.05, 3.63) is 46.3 Å². The molecule has 0 radical (unpaired) electrons. The third-order valence-corrected chi connectivity index (χ3v) is 8.10. The number of rotatable bonds is 8. The molecule has 0 aromatic carbocycles.